The third-order valence-corrected chi connectivity index (χ3v) is 2.72. The average Bonchev–Trinajstić information content (AvgIpc) is 2.60. The van der Waals surface area contributed by atoms with E-state index in [1.54, 1.807) is 29.5 Å². The van der Waals surface area contributed by atoms with E-state index in [0.29, 0.717) is 0 Å². The molecule has 0 amide bonds. The number of thiophene rings is 1. The highest BCUT2D eigenvalue weighted by Gasteiger charge is 2.28. The van der Waals surface area contributed by atoms with Gasteiger partial charge in [0, 0.05) is 4.70 Å². The number of alkyl halides is 3. The topological polar surface area (TPSA) is 9.23 Å². The molecule has 0 unspecified atom stereocenters. The first-order valence-electron chi connectivity index (χ1n) is 4.21. The minimum atomic E-state index is -4.29. The molecule has 1 aromatic carbocycles. The van der Waals surface area contributed by atoms with Crippen LogP contribution in [-0.2, 0) is 0 Å². The van der Waals surface area contributed by atoms with Gasteiger partial charge in [0.15, 0.2) is 6.61 Å². The quantitative estimate of drug-likeness (QED) is 0.764. The van der Waals surface area contributed by atoms with Crippen LogP contribution < -0.4 is 4.74 Å². The molecule has 1 heterocycles. The molecule has 0 radical (unpaired) electrons. The number of rotatable bonds is 2. The van der Waals surface area contributed by atoms with Gasteiger partial charge in [0.2, 0.25) is 0 Å². The second kappa shape index (κ2) is 3.73. The Morgan fingerprint density at radius 3 is 2.73 bits per heavy atom. The molecule has 2 rings (SSSR count). The fourth-order valence-corrected chi connectivity index (χ4v) is 1.97. The predicted molar refractivity (Wildman–Crippen MR) is 53.4 cm³/mol. The van der Waals surface area contributed by atoms with E-state index in [2.05, 4.69) is 4.74 Å². The predicted octanol–water partition coefficient (Wildman–Crippen LogP) is 3.84. The molecule has 80 valence electrons. The van der Waals surface area contributed by atoms with Crippen molar-refractivity contribution in [1.82, 2.24) is 0 Å². The molecule has 0 saturated heterocycles. The second-order valence-electron chi connectivity index (χ2n) is 3.02. The Morgan fingerprint density at radius 2 is 2.00 bits per heavy atom. The lowest BCUT2D eigenvalue weighted by Crippen LogP contribution is -2.19. The summed E-state index contributed by atoms with van der Waals surface area (Å²) in [6.45, 7) is -1.25. The molecule has 0 spiro atoms. The first kappa shape index (κ1) is 10.3. The Morgan fingerprint density at radius 1 is 1.20 bits per heavy atom. The minimum Gasteiger partial charge on any atom is -0.484 e. The summed E-state index contributed by atoms with van der Waals surface area (Å²) in [5.74, 6) is 0.248. The van der Waals surface area contributed by atoms with Crippen LogP contribution in [0, 0.1) is 0 Å². The first-order chi connectivity index (χ1) is 7.04. The molecular weight excluding hydrogens is 225 g/mol. The second-order valence-corrected chi connectivity index (χ2v) is 3.97. The third-order valence-electron chi connectivity index (χ3n) is 1.83. The maximum atomic E-state index is 11.9. The van der Waals surface area contributed by atoms with Crippen molar-refractivity contribution in [2.75, 3.05) is 6.61 Å². The van der Waals surface area contributed by atoms with Gasteiger partial charge < -0.3 is 4.74 Å². The van der Waals surface area contributed by atoms with Crippen LogP contribution >= 0.6 is 11.3 Å². The van der Waals surface area contributed by atoms with Crippen LogP contribution in [-0.4, -0.2) is 12.8 Å². The zero-order valence-electron chi connectivity index (χ0n) is 7.54. The number of hydrogen-bond acceptors (Lipinski definition) is 2. The Labute approximate surface area is 88.1 Å². The largest absolute Gasteiger partial charge is 0.484 e. The van der Waals surface area contributed by atoms with Crippen molar-refractivity contribution >= 4 is 21.4 Å². The lowest BCUT2D eigenvalue weighted by molar-refractivity contribution is -0.153. The lowest BCUT2D eigenvalue weighted by atomic mass is 10.2. The smallest absolute Gasteiger partial charge is 0.422 e. The average molecular weight is 232 g/mol. The molecule has 0 N–H and O–H groups in total. The Hall–Kier alpha value is -1.23. The van der Waals surface area contributed by atoms with E-state index < -0.39 is 12.8 Å². The van der Waals surface area contributed by atoms with Gasteiger partial charge in [-0.3, -0.25) is 0 Å². The fraction of sp³-hybridized carbons (Fsp3) is 0.200. The Balaban J connectivity index is 2.15. The van der Waals surface area contributed by atoms with Gasteiger partial charge in [-0.2, -0.15) is 13.2 Å². The minimum absolute atomic E-state index is 0.248. The fourth-order valence-electron chi connectivity index (χ4n) is 1.20. The molecular formula is C10H7F3OS. The summed E-state index contributed by atoms with van der Waals surface area (Å²) >= 11 is 1.54. The maximum Gasteiger partial charge on any atom is 0.422 e. The molecule has 0 aliphatic rings. The summed E-state index contributed by atoms with van der Waals surface area (Å²) in [7, 11) is 0. The molecule has 1 nitrogen and oxygen atoms in total. The van der Waals surface area contributed by atoms with Crippen molar-refractivity contribution in [2.24, 2.45) is 0 Å². The van der Waals surface area contributed by atoms with Gasteiger partial charge in [-0.25, -0.2) is 0 Å². The summed E-state index contributed by atoms with van der Waals surface area (Å²) in [4.78, 5) is 0. The summed E-state index contributed by atoms with van der Waals surface area (Å²) in [5, 5.41) is 2.79. The van der Waals surface area contributed by atoms with Crippen LogP contribution in [0.4, 0.5) is 13.2 Å². The summed E-state index contributed by atoms with van der Waals surface area (Å²) in [6.07, 6.45) is -4.29. The highest BCUT2D eigenvalue weighted by atomic mass is 32.1. The molecule has 15 heavy (non-hydrogen) atoms. The summed E-state index contributed by atoms with van der Waals surface area (Å²) < 4.78 is 41.3. The number of hydrogen-bond donors (Lipinski definition) is 0. The van der Waals surface area contributed by atoms with E-state index in [4.69, 9.17) is 0 Å². The van der Waals surface area contributed by atoms with Crippen molar-refractivity contribution in [3.8, 4) is 5.75 Å². The molecule has 0 atom stereocenters. The SMILES string of the molecule is FC(F)(F)COc1ccc2sccc2c1. The number of ether oxygens (including phenoxy) is 1. The third kappa shape index (κ3) is 2.62. The van der Waals surface area contributed by atoms with Gasteiger partial charge in [0.1, 0.15) is 5.75 Å². The Kier molecular flexibility index (Phi) is 2.56. The molecule has 1 aromatic heterocycles. The lowest BCUT2D eigenvalue weighted by Gasteiger charge is -2.08. The van der Waals surface area contributed by atoms with Gasteiger partial charge in [0.25, 0.3) is 0 Å². The molecule has 0 aliphatic carbocycles. The van der Waals surface area contributed by atoms with Crippen molar-refractivity contribution in [3.63, 3.8) is 0 Å². The molecule has 5 heteroatoms. The van der Waals surface area contributed by atoms with Crippen molar-refractivity contribution < 1.29 is 17.9 Å². The molecule has 0 fully saturated rings. The summed E-state index contributed by atoms with van der Waals surface area (Å²) in [6, 6.07) is 6.76. The van der Waals surface area contributed by atoms with E-state index in [1.807, 2.05) is 11.4 Å². The molecule has 0 aliphatic heterocycles. The normalized spacial score (nSPS) is 11.9. The van der Waals surface area contributed by atoms with Gasteiger partial charge in [-0.1, -0.05) is 0 Å². The zero-order chi connectivity index (χ0) is 10.9. The van der Waals surface area contributed by atoms with E-state index in [9.17, 15) is 13.2 Å². The highest BCUT2D eigenvalue weighted by Crippen LogP contribution is 2.26. The monoisotopic (exact) mass is 232 g/mol. The van der Waals surface area contributed by atoms with Crippen LogP contribution in [0.25, 0.3) is 10.1 Å². The van der Waals surface area contributed by atoms with Gasteiger partial charge in [0.05, 0.1) is 0 Å². The molecule has 0 bridgehead atoms. The molecule has 2 aromatic rings. The van der Waals surface area contributed by atoms with E-state index in [-0.39, 0.29) is 5.75 Å². The van der Waals surface area contributed by atoms with Crippen molar-refractivity contribution in [2.45, 2.75) is 6.18 Å². The van der Waals surface area contributed by atoms with Crippen LogP contribution in [0.3, 0.4) is 0 Å². The van der Waals surface area contributed by atoms with E-state index in [1.165, 1.54) is 0 Å². The maximum absolute atomic E-state index is 11.9. The number of halogens is 3. The van der Waals surface area contributed by atoms with Crippen molar-refractivity contribution in [1.29, 1.82) is 0 Å². The standard InChI is InChI=1S/C10H7F3OS/c11-10(12,13)6-14-8-1-2-9-7(5-8)3-4-15-9/h1-5H,6H2. The highest BCUT2D eigenvalue weighted by molar-refractivity contribution is 7.17. The van der Waals surface area contributed by atoms with E-state index in [0.717, 1.165) is 10.1 Å². The zero-order valence-corrected chi connectivity index (χ0v) is 8.36. The Bertz CT molecular complexity index is 461. The number of fused-ring (bicyclic) bond motifs is 1. The van der Waals surface area contributed by atoms with Crippen LogP contribution in [0.5, 0.6) is 5.75 Å². The van der Waals surface area contributed by atoms with Crippen molar-refractivity contribution in [3.05, 3.63) is 29.6 Å². The van der Waals surface area contributed by atoms with Gasteiger partial charge >= 0.3 is 6.18 Å². The number of benzene rings is 1. The van der Waals surface area contributed by atoms with E-state index >= 15 is 0 Å². The van der Waals surface area contributed by atoms with Gasteiger partial charge in [-0.05, 0) is 35.0 Å². The molecule has 0 saturated carbocycles. The first-order valence-corrected chi connectivity index (χ1v) is 5.09. The van der Waals surface area contributed by atoms with Crippen LogP contribution in [0.1, 0.15) is 0 Å². The van der Waals surface area contributed by atoms with Crippen LogP contribution in [0.15, 0.2) is 29.6 Å². The van der Waals surface area contributed by atoms with Crippen LogP contribution in [0.2, 0.25) is 0 Å². The van der Waals surface area contributed by atoms with Gasteiger partial charge in [-0.15, -0.1) is 11.3 Å². The summed E-state index contributed by atoms with van der Waals surface area (Å²) in [5.41, 5.74) is 0.